The van der Waals surface area contributed by atoms with Crippen molar-refractivity contribution in [3.8, 4) is 5.75 Å². The van der Waals surface area contributed by atoms with E-state index in [1.165, 1.54) is 6.07 Å². The van der Waals surface area contributed by atoms with Crippen LogP contribution in [0, 0.1) is 6.92 Å². The number of aromatic hydroxyl groups is 1. The number of carbonyl (C=O) groups is 1. The topological polar surface area (TPSA) is 83.5 Å². The van der Waals surface area contributed by atoms with Crippen LogP contribution in [0.3, 0.4) is 0 Å². The molecule has 82 valence electrons. The first-order valence-electron chi connectivity index (χ1n) is 4.38. The lowest BCUT2D eigenvalue weighted by molar-refractivity contribution is -0.138. The van der Waals surface area contributed by atoms with Crippen LogP contribution in [-0.4, -0.2) is 22.2 Å². The van der Waals surface area contributed by atoms with Crippen LogP contribution in [0.4, 0.5) is 0 Å². The largest absolute Gasteiger partial charge is 0.506 e. The Morgan fingerprint density at radius 2 is 2.20 bits per heavy atom. The molecule has 1 atom stereocenters. The molecule has 0 aromatic heterocycles. The van der Waals surface area contributed by atoms with Crippen molar-refractivity contribution in [1.82, 2.24) is 0 Å². The third-order valence-electron chi connectivity index (χ3n) is 2.03. The molecule has 0 saturated carbocycles. The normalized spacial score (nSPS) is 12.5. The number of rotatable bonds is 3. The van der Waals surface area contributed by atoms with Crippen LogP contribution in [0.5, 0.6) is 5.75 Å². The first-order valence-corrected chi connectivity index (χ1v) is 4.76. The van der Waals surface area contributed by atoms with Crippen molar-refractivity contribution in [3.63, 3.8) is 0 Å². The molecule has 0 heterocycles. The summed E-state index contributed by atoms with van der Waals surface area (Å²) in [7, 11) is 0. The Labute approximate surface area is 92.3 Å². The van der Waals surface area contributed by atoms with E-state index in [4.69, 9.17) is 22.4 Å². The van der Waals surface area contributed by atoms with Gasteiger partial charge in [-0.1, -0.05) is 17.7 Å². The summed E-state index contributed by atoms with van der Waals surface area (Å²) in [5, 5.41) is 18.2. The Morgan fingerprint density at radius 3 is 2.73 bits per heavy atom. The third kappa shape index (κ3) is 2.84. The molecular formula is C10H12ClNO3. The number of nitrogens with two attached hydrogens (primary N) is 1. The second kappa shape index (κ2) is 4.51. The van der Waals surface area contributed by atoms with E-state index in [-0.39, 0.29) is 17.2 Å². The van der Waals surface area contributed by atoms with E-state index in [0.717, 1.165) is 5.56 Å². The fraction of sp³-hybridized carbons (Fsp3) is 0.300. The number of aliphatic carboxylic acids is 1. The summed E-state index contributed by atoms with van der Waals surface area (Å²) >= 11 is 5.82. The summed E-state index contributed by atoms with van der Waals surface area (Å²) in [6.07, 6.45) is 0.101. The molecular weight excluding hydrogens is 218 g/mol. The third-order valence-corrected chi connectivity index (χ3v) is 2.47. The minimum absolute atomic E-state index is 0.0516. The van der Waals surface area contributed by atoms with E-state index in [0.29, 0.717) is 5.56 Å². The fourth-order valence-electron chi connectivity index (χ4n) is 1.30. The molecule has 0 fully saturated rings. The van der Waals surface area contributed by atoms with Gasteiger partial charge in [0.05, 0.1) is 5.02 Å². The van der Waals surface area contributed by atoms with Crippen molar-refractivity contribution in [2.24, 2.45) is 5.73 Å². The van der Waals surface area contributed by atoms with Crippen LogP contribution in [0.25, 0.3) is 0 Å². The van der Waals surface area contributed by atoms with Crippen LogP contribution in [0.15, 0.2) is 12.1 Å². The number of aryl methyl sites for hydroxylation is 1. The molecule has 1 aromatic rings. The molecule has 0 aliphatic rings. The second-order valence-corrected chi connectivity index (χ2v) is 3.78. The molecule has 1 rings (SSSR count). The van der Waals surface area contributed by atoms with Gasteiger partial charge in [0.25, 0.3) is 0 Å². The van der Waals surface area contributed by atoms with Crippen molar-refractivity contribution in [1.29, 1.82) is 0 Å². The lowest BCUT2D eigenvalue weighted by Crippen LogP contribution is -2.32. The molecule has 4 N–H and O–H groups in total. The van der Waals surface area contributed by atoms with Crippen molar-refractivity contribution in [2.45, 2.75) is 19.4 Å². The van der Waals surface area contributed by atoms with Gasteiger partial charge >= 0.3 is 5.97 Å². The molecule has 0 bridgehead atoms. The van der Waals surface area contributed by atoms with Crippen LogP contribution < -0.4 is 5.73 Å². The van der Waals surface area contributed by atoms with Gasteiger partial charge in [-0.25, -0.2) is 0 Å². The van der Waals surface area contributed by atoms with Gasteiger partial charge in [0.2, 0.25) is 0 Å². The van der Waals surface area contributed by atoms with Gasteiger partial charge in [-0.3, -0.25) is 4.79 Å². The Morgan fingerprint density at radius 1 is 1.60 bits per heavy atom. The summed E-state index contributed by atoms with van der Waals surface area (Å²) in [5.41, 5.74) is 6.73. The highest BCUT2D eigenvalue weighted by atomic mass is 35.5. The summed E-state index contributed by atoms with van der Waals surface area (Å²) in [5.74, 6) is -1.14. The predicted octanol–water partition coefficient (Wildman–Crippen LogP) is 1.31. The van der Waals surface area contributed by atoms with Crippen LogP contribution in [0.2, 0.25) is 5.02 Å². The maximum atomic E-state index is 10.6. The quantitative estimate of drug-likeness (QED) is 0.730. The van der Waals surface area contributed by atoms with Crippen molar-refractivity contribution in [3.05, 3.63) is 28.3 Å². The average molecular weight is 230 g/mol. The first kappa shape index (κ1) is 11.8. The summed E-state index contributed by atoms with van der Waals surface area (Å²) in [6, 6.07) is 2.21. The number of phenols is 1. The maximum Gasteiger partial charge on any atom is 0.320 e. The van der Waals surface area contributed by atoms with Gasteiger partial charge in [0, 0.05) is 0 Å². The maximum absolute atomic E-state index is 10.6. The Hall–Kier alpha value is -1.26. The van der Waals surface area contributed by atoms with Gasteiger partial charge in [-0.05, 0) is 30.5 Å². The lowest BCUT2D eigenvalue weighted by atomic mass is 10.0. The van der Waals surface area contributed by atoms with Gasteiger partial charge in [0.1, 0.15) is 11.8 Å². The predicted molar refractivity (Wildman–Crippen MR) is 57.2 cm³/mol. The van der Waals surface area contributed by atoms with Gasteiger partial charge < -0.3 is 15.9 Å². The molecule has 0 aliphatic carbocycles. The molecule has 1 aromatic carbocycles. The number of hydrogen-bond acceptors (Lipinski definition) is 3. The number of phenolic OH excluding ortho intramolecular Hbond substituents is 1. The average Bonchev–Trinajstić information content (AvgIpc) is 2.13. The van der Waals surface area contributed by atoms with Gasteiger partial charge in [0.15, 0.2) is 0 Å². The van der Waals surface area contributed by atoms with Gasteiger partial charge in [-0.15, -0.1) is 0 Å². The van der Waals surface area contributed by atoms with E-state index >= 15 is 0 Å². The summed E-state index contributed by atoms with van der Waals surface area (Å²) in [6.45, 7) is 1.78. The molecule has 0 amide bonds. The van der Waals surface area contributed by atoms with Crippen LogP contribution >= 0.6 is 11.6 Å². The highest BCUT2D eigenvalue weighted by Crippen LogP contribution is 2.29. The molecule has 4 nitrogen and oxygen atoms in total. The van der Waals surface area contributed by atoms with E-state index in [1.54, 1.807) is 13.0 Å². The summed E-state index contributed by atoms with van der Waals surface area (Å²) in [4.78, 5) is 10.6. The van der Waals surface area contributed by atoms with E-state index < -0.39 is 12.0 Å². The van der Waals surface area contributed by atoms with Crippen LogP contribution in [0.1, 0.15) is 11.1 Å². The Balaban J connectivity index is 2.99. The fourth-order valence-corrected chi connectivity index (χ4v) is 1.48. The zero-order valence-corrected chi connectivity index (χ0v) is 8.95. The zero-order chi connectivity index (χ0) is 11.6. The highest BCUT2D eigenvalue weighted by molar-refractivity contribution is 6.32. The highest BCUT2D eigenvalue weighted by Gasteiger charge is 2.15. The number of hydrogen-bond donors (Lipinski definition) is 3. The van der Waals surface area contributed by atoms with Crippen molar-refractivity contribution < 1.29 is 15.0 Å². The molecule has 0 radical (unpaired) electrons. The van der Waals surface area contributed by atoms with E-state index in [1.807, 2.05) is 0 Å². The van der Waals surface area contributed by atoms with Gasteiger partial charge in [-0.2, -0.15) is 0 Å². The van der Waals surface area contributed by atoms with E-state index in [2.05, 4.69) is 0 Å². The standard InChI is InChI=1S/C10H12ClNO3/c1-5-2-6(4-7(12)10(14)15)9(11)8(13)3-5/h2-3,7,13H,4,12H2,1H3,(H,14,15). The first-order chi connectivity index (χ1) is 6.91. The molecule has 0 aliphatic heterocycles. The molecule has 1 unspecified atom stereocenters. The van der Waals surface area contributed by atoms with E-state index in [9.17, 15) is 9.90 Å². The number of benzene rings is 1. The zero-order valence-electron chi connectivity index (χ0n) is 8.20. The SMILES string of the molecule is Cc1cc(O)c(Cl)c(CC(N)C(=O)O)c1. The second-order valence-electron chi connectivity index (χ2n) is 3.41. The number of carboxylic acid groups (broad SMARTS) is 1. The minimum Gasteiger partial charge on any atom is -0.506 e. The smallest absolute Gasteiger partial charge is 0.320 e. The Bertz CT molecular complexity index is 392. The molecule has 0 spiro atoms. The number of halogens is 1. The monoisotopic (exact) mass is 229 g/mol. The van der Waals surface area contributed by atoms with Crippen LogP contribution in [-0.2, 0) is 11.2 Å². The molecule has 15 heavy (non-hydrogen) atoms. The molecule has 0 saturated heterocycles. The number of carboxylic acids is 1. The van der Waals surface area contributed by atoms with Crippen molar-refractivity contribution >= 4 is 17.6 Å². The lowest BCUT2D eigenvalue weighted by Gasteiger charge is -2.10. The van der Waals surface area contributed by atoms with Crippen molar-refractivity contribution in [2.75, 3.05) is 0 Å². The minimum atomic E-state index is -1.09. The Kier molecular flexibility index (Phi) is 3.55. The molecule has 5 heteroatoms. The summed E-state index contributed by atoms with van der Waals surface area (Å²) < 4.78 is 0.